The Labute approximate surface area is 172 Å². The quantitative estimate of drug-likeness (QED) is 0.435. The van der Waals surface area contributed by atoms with Gasteiger partial charge in [0, 0.05) is 43.6 Å². The highest BCUT2D eigenvalue weighted by Gasteiger charge is 2.59. The number of aliphatic imine (C=N–C) groups is 1. The molecule has 2 N–H and O–H groups in total. The summed E-state index contributed by atoms with van der Waals surface area (Å²) in [6.45, 7) is 9.68. The molecular formula is C22H32N4O3. The highest BCUT2D eigenvalue weighted by atomic mass is 16.5. The van der Waals surface area contributed by atoms with Crippen molar-refractivity contribution in [2.24, 2.45) is 16.3 Å². The highest BCUT2D eigenvalue weighted by Crippen LogP contribution is 2.52. The van der Waals surface area contributed by atoms with Gasteiger partial charge in [0.05, 0.1) is 11.8 Å². The topological polar surface area (TPSA) is 75.2 Å². The standard InChI is InChI=1S/C22H32N4O3/c1-4-23-21(25-19-15-10-13-28-20(15)22(19,2)3)24-11-7-12-26-16-8-5-6-9-17(16)29-14-18(26)27/h5-6,8-9,15,19-20H,4,7,10-14H2,1-3H3,(H2,23,24,25). The van der Waals surface area contributed by atoms with E-state index in [1.54, 1.807) is 0 Å². The number of nitrogens with one attached hydrogen (secondary N) is 2. The zero-order chi connectivity index (χ0) is 20.4. The van der Waals surface area contributed by atoms with Crippen molar-refractivity contribution >= 4 is 17.6 Å². The molecule has 1 aliphatic carbocycles. The van der Waals surface area contributed by atoms with Gasteiger partial charge in [0.25, 0.3) is 5.91 Å². The van der Waals surface area contributed by atoms with Gasteiger partial charge >= 0.3 is 0 Å². The molecule has 1 saturated heterocycles. The molecule has 1 saturated carbocycles. The van der Waals surface area contributed by atoms with E-state index in [0.29, 0.717) is 31.2 Å². The number of carbonyl (C=O) groups excluding carboxylic acids is 1. The average molecular weight is 401 g/mol. The van der Waals surface area contributed by atoms with Crippen LogP contribution >= 0.6 is 0 Å². The Morgan fingerprint density at radius 2 is 2.17 bits per heavy atom. The summed E-state index contributed by atoms with van der Waals surface area (Å²) in [4.78, 5) is 18.9. The molecule has 158 valence electrons. The number of fused-ring (bicyclic) bond motifs is 2. The van der Waals surface area contributed by atoms with E-state index in [9.17, 15) is 4.79 Å². The van der Waals surface area contributed by atoms with Crippen molar-refractivity contribution in [2.45, 2.75) is 45.8 Å². The number of benzene rings is 1. The lowest BCUT2D eigenvalue weighted by molar-refractivity contribution is -0.121. The van der Waals surface area contributed by atoms with Gasteiger partial charge in [-0.2, -0.15) is 0 Å². The number of rotatable bonds is 6. The first-order valence-corrected chi connectivity index (χ1v) is 10.7. The Hall–Kier alpha value is -2.28. The van der Waals surface area contributed by atoms with E-state index in [2.05, 4.69) is 31.4 Å². The van der Waals surface area contributed by atoms with Crippen molar-refractivity contribution in [3.63, 3.8) is 0 Å². The normalized spacial score (nSPS) is 27.6. The molecule has 7 heteroatoms. The van der Waals surface area contributed by atoms with Crippen LogP contribution in [-0.2, 0) is 9.53 Å². The maximum atomic E-state index is 12.3. The van der Waals surface area contributed by atoms with E-state index in [0.717, 1.165) is 43.4 Å². The third-order valence-electron chi connectivity index (χ3n) is 6.35. The van der Waals surface area contributed by atoms with E-state index >= 15 is 0 Å². The van der Waals surface area contributed by atoms with Crippen molar-refractivity contribution in [3.8, 4) is 5.75 Å². The van der Waals surface area contributed by atoms with Gasteiger partial charge in [-0.1, -0.05) is 26.0 Å². The summed E-state index contributed by atoms with van der Waals surface area (Å²) in [5.74, 6) is 2.19. The Morgan fingerprint density at radius 3 is 3.00 bits per heavy atom. The van der Waals surface area contributed by atoms with Gasteiger partial charge < -0.3 is 25.0 Å². The maximum Gasteiger partial charge on any atom is 0.265 e. The molecule has 4 rings (SSSR count). The van der Waals surface area contributed by atoms with Crippen LogP contribution in [0.25, 0.3) is 0 Å². The molecule has 2 fully saturated rings. The summed E-state index contributed by atoms with van der Waals surface area (Å²) in [5, 5.41) is 7.00. The molecule has 1 amide bonds. The van der Waals surface area contributed by atoms with Gasteiger partial charge in [0.15, 0.2) is 12.6 Å². The zero-order valence-electron chi connectivity index (χ0n) is 17.6. The van der Waals surface area contributed by atoms with Crippen molar-refractivity contribution < 1.29 is 14.3 Å². The maximum absolute atomic E-state index is 12.3. The van der Waals surface area contributed by atoms with E-state index in [1.807, 2.05) is 29.2 Å². The molecule has 0 aromatic heterocycles. The van der Waals surface area contributed by atoms with Crippen LogP contribution in [0.2, 0.25) is 0 Å². The van der Waals surface area contributed by atoms with Gasteiger partial charge in [-0.15, -0.1) is 0 Å². The number of anilines is 1. The summed E-state index contributed by atoms with van der Waals surface area (Å²) >= 11 is 0. The monoisotopic (exact) mass is 400 g/mol. The highest BCUT2D eigenvalue weighted by molar-refractivity contribution is 5.97. The van der Waals surface area contributed by atoms with Gasteiger partial charge in [0.2, 0.25) is 0 Å². The van der Waals surface area contributed by atoms with Crippen LogP contribution in [0.5, 0.6) is 5.75 Å². The number of para-hydroxylation sites is 2. The van der Waals surface area contributed by atoms with E-state index < -0.39 is 0 Å². The van der Waals surface area contributed by atoms with Crippen LogP contribution < -0.4 is 20.3 Å². The molecule has 1 aromatic rings. The van der Waals surface area contributed by atoms with Gasteiger partial charge in [-0.25, -0.2) is 0 Å². The largest absolute Gasteiger partial charge is 0.482 e. The smallest absolute Gasteiger partial charge is 0.265 e. The predicted octanol–water partition coefficient (Wildman–Crippen LogP) is 2.17. The zero-order valence-corrected chi connectivity index (χ0v) is 17.6. The van der Waals surface area contributed by atoms with Gasteiger partial charge in [-0.05, 0) is 31.9 Å². The van der Waals surface area contributed by atoms with Crippen molar-refractivity contribution in [1.29, 1.82) is 0 Å². The summed E-state index contributed by atoms with van der Waals surface area (Å²) in [6, 6.07) is 8.06. The fourth-order valence-corrected chi connectivity index (χ4v) is 4.90. The molecule has 29 heavy (non-hydrogen) atoms. The third kappa shape index (κ3) is 3.80. The van der Waals surface area contributed by atoms with E-state index in [4.69, 9.17) is 14.5 Å². The number of carbonyl (C=O) groups is 1. The summed E-state index contributed by atoms with van der Waals surface area (Å²) in [7, 11) is 0. The minimum Gasteiger partial charge on any atom is -0.482 e. The van der Waals surface area contributed by atoms with Crippen LogP contribution in [0.4, 0.5) is 5.69 Å². The second-order valence-electron chi connectivity index (χ2n) is 8.60. The van der Waals surface area contributed by atoms with Gasteiger partial charge in [-0.3, -0.25) is 9.79 Å². The Kier molecular flexibility index (Phi) is 5.67. The molecular weight excluding hydrogens is 368 g/mol. The molecule has 0 bridgehead atoms. The molecule has 3 aliphatic rings. The molecule has 3 atom stereocenters. The lowest BCUT2D eigenvalue weighted by Crippen LogP contribution is -2.68. The molecule has 2 heterocycles. The number of nitrogens with zero attached hydrogens (tertiary/aromatic N) is 2. The number of amides is 1. The van der Waals surface area contributed by atoms with Crippen LogP contribution in [0, 0.1) is 11.3 Å². The number of guanidine groups is 1. The Bertz CT molecular complexity index is 779. The summed E-state index contributed by atoms with van der Waals surface area (Å²) < 4.78 is 11.4. The van der Waals surface area contributed by atoms with Crippen LogP contribution in [0.3, 0.4) is 0 Å². The van der Waals surface area contributed by atoms with Crippen molar-refractivity contribution in [2.75, 3.05) is 37.7 Å². The second-order valence-corrected chi connectivity index (χ2v) is 8.60. The van der Waals surface area contributed by atoms with Crippen LogP contribution in [-0.4, -0.2) is 56.9 Å². The minimum absolute atomic E-state index is 0.00111. The fourth-order valence-electron chi connectivity index (χ4n) is 4.90. The molecule has 0 radical (unpaired) electrons. The average Bonchev–Trinajstić information content (AvgIpc) is 3.17. The number of hydrogen-bond acceptors (Lipinski definition) is 4. The van der Waals surface area contributed by atoms with Crippen LogP contribution in [0.1, 0.15) is 33.6 Å². The summed E-state index contributed by atoms with van der Waals surface area (Å²) in [5.41, 5.74) is 0.961. The first-order chi connectivity index (χ1) is 14.0. The van der Waals surface area contributed by atoms with Crippen molar-refractivity contribution in [3.05, 3.63) is 24.3 Å². The summed E-state index contributed by atoms with van der Waals surface area (Å²) in [6.07, 6.45) is 2.26. The second kappa shape index (κ2) is 8.22. The SMILES string of the molecule is CCNC(=NCCCN1C(=O)COc2ccccc21)NC1C2CCOC2C1(C)C. The van der Waals surface area contributed by atoms with Crippen LogP contribution in [0.15, 0.2) is 29.3 Å². The first-order valence-electron chi connectivity index (χ1n) is 10.7. The first kappa shape index (κ1) is 20.0. The molecule has 7 nitrogen and oxygen atoms in total. The molecule has 3 unspecified atom stereocenters. The fraction of sp³-hybridized carbons (Fsp3) is 0.636. The predicted molar refractivity (Wildman–Crippen MR) is 113 cm³/mol. The van der Waals surface area contributed by atoms with Gasteiger partial charge in [0.1, 0.15) is 5.75 Å². The van der Waals surface area contributed by atoms with E-state index in [-0.39, 0.29) is 17.9 Å². The lowest BCUT2D eigenvalue weighted by Gasteiger charge is -2.54. The Morgan fingerprint density at radius 1 is 1.34 bits per heavy atom. The number of hydrogen-bond donors (Lipinski definition) is 2. The minimum atomic E-state index is 0.00111. The molecule has 2 aliphatic heterocycles. The molecule has 1 aromatic carbocycles. The molecule has 0 spiro atoms. The third-order valence-corrected chi connectivity index (χ3v) is 6.35. The van der Waals surface area contributed by atoms with E-state index in [1.165, 1.54) is 0 Å². The lowest BCUT2D eigenvalue weighted by atomic mass is 9.57. The van der Waals surface area contributed by atoms with Crippen molar-refractivity contribution in [1.82, 2.24) is 10.6 Å². The Balaban J connectivity index is 1.34. The number of ether oxygens (including phenoxy) is 2.